The lowest BCUT2D eigenvalue weighted by Crippen LogP contribution is -2.44. The first kappa shape index (κ1) is 17.3. The van der Waals surface area contributed by atoms with Gasteiger partial charge in [-0.3, -0.25) is 4.79 Å². The molecule has 0 saturated carbocycles. The fourth-order valence-electron chi connectivity index (χ4n) is 2.17. The maximum atomic E-state index is 12.2. The van der Waals surface area contributed by atoms with Crippen LogP contribution in [0.5, 0.6) is 0 Å². The van der Waals surface area contributed by atoms with E-state index < -0.39 is 5.60 Å². The summed E-state index contributed by atoms with van der Waals surface area (Å²) >= 11 is 1.66. The van der Waals surface area contributed by atoms with Crippen molar-refractivity contribution in [2.24, 2.45) is 0 Å². The summed E-state index contributed by atoms with van der Waals surface area (Å²) in [7, 11) is 0. The molecule has 0 radical (unpaired) electrons. The van der Waals surface area contributed by atoms with E-state index in [1.54, 1.807) is 16.7 Å². The summed E-state index contributed by atoms with van der Waals surface area (Å²) in [5.74, 6) is 1.29. The van der Waals surface area contributed by atoms with Gasteiger partial charge in [0.05, 0.1) is 5.75 Å². The molecule has 1 saturated heterocycles. The molecule has 0 N–H and O–H groups in total. The average Bonchev–Trinajstić information content (AvgIpc) is 2.81. The fourth-order valence-corrected chi connectivity index (χ4v) is 3.15. The molecule has 20 heavy (non-hydrogen) atoms. The first-order chi connectivity index (χ1) is 9.35. The van der Waals surface area contributed by atoms with Gasteiger partial charge in [0.15, 0.2) is 0 Å². The lowest BCUT2D eigenvalue weighted by Gasteiger charge is -2.27. The van der Waals surface area contributed by atoms with Crippen LogP contribution in [-0.4, -0.2) is 46.5 Å². The molecule has 0 aromatic carbocycles. The van der Waals surface area contributed by atoms with E-state index in [0.717, 1.165) is 31.4 Å². The number of ether oxygens (including phenoxy) is 1. The second-order valence-electron chi connectivity index (χ2n) is 6.18. The molecule has 0 spiro atoms. The van der Waals surface area contributed by atoms with Crippen LogP contribution in [0, 0.1) is 0 Å². The zero-order chi connectivity index (χ0) is 15.2. The number of rotatable bonds is 6. The van der Waals surface area contributed by atoms with Gasteiger partial charge in [-0.1, -0.05) is 13.3 Å². The standard InChI is InChI=1S/C15H27NO3S/c1-5-6-10-20-11-13(17)16-9-7-8-12(16)14(18)19-15(2,3)4/h12H,5-11H2,1-4H3/t12-/m1/s1. The summed E-state index contributed by atoms with van der Waals surface area (Å²) in [6.07, 6.45) is 3.88. The number of likely N-dealkylation sites (tertiary alicyclic amines) is 1. The fraction of sp³-hybridized carbons (Fsp3) is 0.867. The highest BCUT2D eigenvalue weighted by atomic mass is 32.2. The first-order valence-corrected chi connectivity index (χ1v) is 8.60. The molecular weight excluding hydrogens is 274 g/mol. The Labute approximate surface area is 126 Å². The van der Waals surface area contributed by atoms with Gasteiger partial charge < -0.3 is 9.64 Å². The van der Waals surface area contributed by atoms with Crippen molar-refractivity contribution in [2.75, 3.05) is 18.1 Å². The third kappa shape index (κ3) is 5.73. The Kier molecular flexibility index (Phi) is 6.86. The number of hydrogen-bond acceptors (Lipinski definition) is 4. The molecule has 0 aromatic heterocycles. The van der Waals surface area contributed by atoms with Gasteiger partial charge in [0.25, 0.3) is 0 Å². The molecule has 1 aliphatic rings. The number of hydrogen-bond donors (Lipinski definition) is 0. The highest BCUT2D eigenvalue weighted by molar-refractivity contribution is 7.99. The smallest absolute Gasteiger partial charge is 0.329 e. The average molecular weight is 301 g/mol. The number of carbonyl (C=O) groups excluding carboxylic acids is 2. The van der Waals surface area contributed by atoms with Crippen LogP contribution >= 0.6 is 11.8 Å². The van der Waals surface area contributed by atoms with Gasteiger partial charge in [0.2, 0.25) is 5.91 Å². The molecule has 0 aliphatic carbocycles. The largest absolute Gasteiger partial charge is 0.458 e. The predicted molar refractivity (Wildman–Crippen MR) is 82.8 cm³/mol. The van der Waals surface area contributed by atoms with E-state index in [-0.39, 0.29) is 17.9 Å². The van der Waals surface area contributed by atoms with Gasteiger partial charge in [-0.15, -0.1) is 0 Å². The molecule has 116 valence electrons. The van der Waals surface area contributed by atoms with Gasteiger partial charge in [-0.05, 0) is 45.8 Å². The molecule has 1 atom stereocenters. The number of amides is 1. The van der Waals surface area contributed by atoms with Gasteiger partial charge in [0.1, 0.15) is 11.6 Å². The topological polar surface area (TPSA) is 46.6 Å². The number of carbonyl (C=O) groups is 2. The van der Waals surface area contributed by atoms with Gasteiger partial charge in [-0.2, -0.15) is 11.8 Å². The summed E-state index contributed by atoms with van der Waals surface area (Å²) in [6.45, 7) is 8.38. The lowest BCUT2D eigenvalue weighted by atomic mass is 10.1. The zero-order valence-electron chi connectivity index (χ0n) is 13.1. The van der Waals surface area contributed by atoms with Crippen molar-refractivity contribution >= 4 is 23.6 Å². The summed E-state index contributed by atoms with van der Waals surface area (Å²) < 4.78 is 5.41. The van der Waals surface area contributed by atoms with Crippen LogP contribution < -0.4 is 0 Å². The quantitative estimate of drug-likeness (QED) is 0.559. The second-order valence-corrected chi connectivity index (χ2v) is 7.29. The molecule has 0 unspecified atom stereocenters. The van der Waals surface area contributed by atoms with Gasteiger partial charge in [0, 0.05) is 6.54 Å². The zero-order valence-corrected chi connectivity index (χ0v) is 13.9. The maximum absolute atomic E-state index is 12.2. The van der Waals surface area contributed by atoms with Crippen LogP contribution in [0.1, 0.15) is 53.4 Å². The molecule has 1 heterocycles. The van der Waals surface area contributed by atoms with Crippen LogP contribution in [0.3, 0.4) is 0 Å². The van der Waals surface area contributed by atoms with E-state index in [0.29, 0.717) is 12.3 Å². The van der Waals surface area contributed by atoms with Crippen molar-refractivity contribution in [3.63, 3.8) is 0 Å². The minimum absolute atomic E-state index is 0.0689. The van der Waals surface area contributed by atoms with Gasteiger partial charge in [-0.25, -0.2) is 4.79 Å². The van der Waals surface area contributed by atoms with Crippen molar-refractivity contribution in [3.8, 4) is 0 Å². The van der Waals surface area contributed by atoms with E-state index in [1.807, 2.05) is 20.8 Å². The molecule has 4 nitrogen and oxygen atoms in total. The maximum Gasteiger partial charge on any atom is 0.329 e. The van der Waals surface area contributed by atoms with E-state index in [4.69, 9.17) is 4.74 Å². The Morgan fingerprint density at radius 3 is 2.65 bits per heavy atom. The molecular formula is C15H27NO3S. The Balaban J connectivity index is 2.47. The number of thioether (sulfide) groups is 1. The van der Waals surface area contributed by atoms with Crippen LogP contribution in [0.4, 0.5) is 0 Å². The molecule has 1 aliphatic heterocycles. The van der Waals surface area contributed by atoms with Gasteiger partial charge >= 0.3 is 5.97 Å². The number of nitrogens with zero attached hydrogens (tertiary/aromatic N) is 1. The van der Waals surface area contributed by atoms with Crippen molar-refractivity contribution in [1.82, 2.24) is 4.90 Å². The Bertz CT molecular complexity index is 339. The summed E-state index contributed by atoms with van der Waals surface area (Å²) in [4.78, 5) is 26.0. The third-order valence-electron chi connectivity index (χ3n) is 3.12. The predicted octanol–water partition coefficient (Wildman–Crippen LogP) is 2.85. The van der Waals surface area contributed by atoms with E-state index in [2.05, 4.69) is 6.92 Å². The van der Waals surface area contributed by atoms with Crippen molar-refractivity contribution in [2.45, 2.75) is 65.0 Å². The number of unbranched alkanes of at least 4 members (excludes halogenated alkanes) is 1. The van der Waals surface area contributed by atoms with Crippen LogP contribution in [0.2, 0.25) is 0 Å². The molecule has 1 amide bonds. The second kappa shape index (κ2) is 7.91. The summed E-state index contributed by atoms with van der Waals surface area (Å²) in [5, 5.41) is 0. The third-order valence-corrected chi connectivity index (χ3v) is 4.15. The van der Waals surface area contributed by atoms with E-state index in [9.17, 15) is 9.59 Å². The number of esters is 1. The summed E-state index contributed by atoms with van der Waals surface area (Å²) in [5.41, 5.74) is -0.496. The summed E-state index contributed by atoms with van der Waals surface area (Å²) in [6, 6.07) is -0.381. The first-order valence-electron chi connectivity index (χ1n) is 7.45. The van der Waals surface area contributed by atoms with E-state index in [1.165, 1.54) is 0 Å². The Morgan fingerprint density at radius 1 is 1.35 bits per heavy atom. The molecule has 1 fully saturated rings. The monoisotopic (exact) mass is 301 g/mol. The van der Waals surface area contributed by atoms with Crippen molar-refractivity contribution in [1.29, 1.82) is 0 Å². The van der Waals surface area contributed by atoms with Crippen LogP contribution in [-0.2, 0) is 14.3 Å². The lowest BCUT2D eigenvalue weighted by molar-refractivity contribution is -0.162. The minimum Gasteiger partial charge on any atom is -0.458 e. The van der Waals surface area contributed by atoms with Crippen molar-refractivity contribution < 1.29 is 14.3 Å². The SMILES string of the molecule is CCCCSCC(=O)N1CCC[C@@H]1C(=O)OC(C)(C)C. The molecule has 0 aromatic rings. The highest BCUT2D eigenvalue weighted by Crippen LogP contribution is 2.22. The Morgan fingerprint density at radius 2 is 2.05 bits per heavy atom. The minimum atomic E-state index is -0.496. The molecule has 5 heteroatoms. The van der Waals surface area contributed by atoms with Crippen LogP contribution in [0.15, 0.2) is 0 Å². The van der Waals surface area contributed by atoms with E-state index >= 15 is 0 Å². The molecule has 1 rings (SSSR count). The molecule has 0 bridgehead atoms. The highest BCUT2D eigenvalue weighted by Gasteiger charge is 2.36. The Hall–Kier alpha value is -0.710. The van der Waals surface area contributed by atoms with Crippen LogP contribution in [0.25, 0.3) is 0 Å². The normalized spacial score (nSPS) is 19.2. The van der Waals surface area contributed by atoms with Crippen molar-refractivity contribution in [3.05, 3.63) is 0 Å².